The summed E-state index contributed by atoms with van der Waals surface area (Å²) in [5, 5.41) is 0. The SMILES string of the molecule is O[Si](O)(O)OF.[H-].[Li+].[Mn]. The van der Waals surface area contributed by atoms with Crippen molar-refractivity contribution >= 4 is 9.05 Å². The molecule has 0 saturated heterocycles. The molecule has 0 rings (SSSR count). The third-order valence-electron chi connectivity index (χ3n) is 0.104. The van der Waals surface area contributed by atoms with Gasteiger partial charge in [-0.05, 0) is 0 Å². The molecular formula is H4FLiMnO4Si. The summed E-state index contributed by atoms with van der Waals surface area (Å²) < 4.78 is 12.6. The van der Waals surface area contributed by atoms with Gasteiger partial charge in [0.15, 0.2) is 0 Å². The van der Waals surface area contributed by atoms with Crippen molar-refractivity contribution in [2.24, 2.45) is 0 Å². The fourth-order valence-corrected chi connectivity index (χ4v) is 0. The molecule has 0 aliphatic carbocycles. The van der Waals surface area contributed by atoms with Crippen molar-refractivity contribution in [3.8, 4) is 0 Å². The van der Waals surface area contributed by atoms with Crippen LogP contribution in [0.1, 0.15) is 1.43 Å². The number of halogens is 1. The van der Waals surface area contributed by atoms with Crippen molar-refractivity contribution in [2.75, 3.05) is 0 Å². The molecule has 0 amide bonds. The smallest absolute Gasteiger partial charge is 1.00 e. The maximum atomic E-state index is 10.3. The van der Waals surface area contributed by atoms with Crippen LogP contribution < -0.4 is 18.9 Å². The molecule has 0 aromatic rings. The predicted octanol–water partition coefficient (Wildman–Crippen LogP) is -4.59. The zero-order valence-corrected chi connectivity index (χ0v) is 6.19. The van der Waals surface area contributed by atoms with Gasteiger partial charge in [0.05, 0.1) is 0 Å². The topological polar surface area (TPSA) is 69.9 Å². The summed E-state index contributed by atoms with van der Waals surface area (Å²) in [6.07, 6.45) is 0. The third-order valence-corrected chi connectivity index (χ3v) is 0.311. The van der Waals surface area contributed by atoms with Gasteiger partial charge in [0.25, 0.3) is 0 Å². The van der Waals surface area contributed by atoms with Crippen LogP contribution in [0.25, 0.3) is 0 Å². The van der Waals surface area contributed by atoms with Gasteiger partial charge in [0, 0.05) is 17.1 Å². The van der Waals surface area contributed by atoms with Crippen molar-refractivity contribution in [2.45, 2.75) is 0 Å². The van der Waals surface area contributed by atoms with Gasteiger partial charge in [-0.3, -0.25) is 0 Å². The minimum Gasteiger partial charge on any atom is -1.00 e. The molecule has 0 aliphatic rings. The Morgan fingerprint density at radius 1 is 1.38 bits per heavy atom. The maximum absolute atomic E-state index is 10.3. The zero-order valence-electron chi connectivity index (χ0n) is 5.01. The Balaban J connectivity index is -0.0000000417. The summed E-state index contributed by atoms with van der Waals surface area (Å²) in [6.45, 7) is 0. The molecule has 0 bridgehead atoms. The van der Waals surface area contributed by atoms with Gasteiger partial charge in [-0.25, -0.2) is 0 Å². The second-order valence-electron chi connectivity index (χ2n) is 0.651. The molecule has 0 aromatic heterocycles. The number of hydrogen-bond acceptors (Lipinski definition) is 4. The van der Waals surface area contributed by atoms with Gasteiger partial charge in [0.2, 0.25) is 0 Å². The standard InChI is InChI=1S/FH3O4Si.Li.Mn.H/c1-5-6(2,3)4;;;/h2-4H;;;/q;+1;;-1. The van der Waals surface area contributed by atoms with Gasteiger partial charge in [-0.2, -0.15) is 4.63 Å². The van der Waals surface area contributed by atoms with E-state index in [-0.39, 0.29) is 37.4 Å². The van der Waals surface area contributed by atoms with E-state index in [2.05, 4.69) is 4.63 Å². The summed E-state index contributed by atoms with van der Waals surface area (Å²) in [4.78, 5) is 22.4. The molecule has 0 heterocycles. The Morgan fingerprint density at radius 2 is 1.50 bits per heavy atom. The molecule has 8 heteroatoms. The molecule has 0 fully saturated rings. The molecule has 0 aliphatic heterocycles. The van der Waals surface area contributed by atoms with Gasteiger partial charge < -0.3 is 15.8 Å². The van der Waals surface area contributed by atoms with Crippen LogP contribution in [0, 0.1) is 0 Å². The van der Waals surface area contributed by atoms with Crippen LogP contribution >= 0.6 is 0 Å². The molecule has 47 valence electrons. The maximum Gasteiger partial charge on any atom is 1.00 e. The third kappa shape index (κ3) is 15.7. The molecule has 8 heavy (non-hydrogen) atoms. The Morgan fingerprint density at radius 3 is 1.50 bits per heavy atom. The molecule has 4 nitrogen and oxygen atoms in total. The van der Waals surface area contributed by atoms with Gasteiger partial charge in [-0.15, -0.1) is 0 Å². The van der Waals surface area contributed by atoms with Crippen molar-refractivity contribution in [1.82, 2.24) is 0 Å². The minimum absolute atomic E-state index is 0. The molecule has 1 radical (unpaired) electrons. The summed E-state index contributed by atoms with van der Waals surface area (Å²) in [7, 11) is -4.80. The van der Waals surface area contributed by atoms with E-state index in [0.717, 1.165) is 0 Å². The first-order valence-electron chi connectivity index (χ1n) is 1.03. The largest absolute Gasteiger partial charge is 1.00 e. The minimum atomic E-state index is -4.80. The predicted molar refractivity (Wildman–Crippen MR) is 15.7 cm³/mol. The molecular weight excluding hydrogens is 173 g/mol. The van der Waals surface area contributed by atoms with Crippen LogP contribution in [-0.4, -0.2) is 23.4 Å². The van der Waals surface area contributed by atoms with E-state index >= 15 is 0 Å². The number of hydrogen-bond donors (Lipinski definition) is 3. The van der Waals surface area contributed by atoms with Crippen LogP contribution in [0.5, 0.6) is 0 Å². The fraction of sp³-hybridized carbons (Fsp3) is 0. The van der Waals surface area contributed by atoms with Gasteiger partial charge in [0.1, 0.15) is 0 Å². The van der Waals surface area contributed by atoms with Crippen molar-refractivity contribution in [3.63, 3.8) is 0 Å². The summed E-state index contributed by atoms with van der Waals surface area (Å²) in [5.74, 6) is 0. The number of rotatable bonds is 1. The average Bonchev–Trinajstić information content (AvgIpc) is 1.35. The quantitative estimate of drug-likeness (QED) is 0.352. The first kappa shape index (κ1) is 16.0. The molecule has 0 saturated carbocycles. The Labute approximate surface area is 70.2 Å². The zero-order chi connectivity index (χ0) is 5.21. The average molecular weight is 177 g/mol. The molecule has 0 unspecified atom stereocenters. The van der Waals surface area contributed by atoms with Crippen LogP contribution in [0.15, 0.2) is 0 Å². The van der Waals surface area contributed by atoms with E-state index in [1.807, 2.05) is 0 Å². The van der Waals surface area contributed by atoms with Crippen LogP contribution in [0.4, 0.5) is 4.53 Å². The molecule has 3 N–H and O–H groups in total. The van der Waals surface area contributed by atoms with Gasteiger partial charge >= 0.3 is 27.9 Å². The fourth-order valence-electron chi connectivity index (χ4n) is 0. The molecule has 0 atom stereocenters. The van der Waals surface area contributed by atoms with E-state index in [0.29, 0.717) is 0 Å². The van der Waals surface area contributed by atoms with Crippen LogP contribution in [0.3, 0.4) is 0 Å². The van der Waals surface area contributed by atoms with Gasteiger partial charge in [-0.1, -0.05) is 4.53 Å². The summed E-state index contributed by atoms with van der Waals surface area (Å²) in [5.41, 5.74) is 0. The molecule has 0 spiro atoms. The second-order valence-corrected chi connectivity index (χ2v) is 1.95. The van der Waals surface area contributed by atoms with E-state index < -0.39 is 9.05 Å². The second kappa shape index (κ2) is 6.23. The Hall–Kier alpha value is 1.10. The molecule has 0 aromatic carbocycles. The van der Waals surface area contributed by atoms with Crippen LogP contribution in [-0.2, 0) is 21.7 Å². The van der Waals surface area contributed by atoms with Crippen molar-refractivity contribution < 1.29 is 60.9 Å². The first-order valence-corrected chi connectivity index (χ1v) is 2.78. The summed E-state index contributed by atoms with van der Waals surface area (Å²) >= 11 is 0. The van der Waals surface area contributed by atoms with E-state index in [9.17, 15) is 4.53 Å². The van der Waals surface area contributed by atoms with Crippen molar-refractivity contribution in [1.29, 1.82) is 0 Å². The van der Waals surface area contributed by atoms with E-state index in [4.69, 9.17) is 14.4 Å². The van der Waals surface area contributed by atoms with E-state index in [1.54, 1.807) is 0 Å². The first-order chi connectivity index (χ1) is 2.56. The Bertz CT molecular complexity index is 50.3. The van der Waals surface area contributed by atoms with Crippen LogP contribution in [0.2, 0.25) is 0 Å². The normalized spacial score (nSPS) is 9.00. The van der Waals surface area contributed by atoms with E-state index in [1.165, 1.54) is 0 Å². The monoisotopic (exact) mass is 177 g/mol. The van der Waals surface area contributed by atoms with Crippen molar-refractivity contribution in [3.05, 3.63) is 0 Å². The Kier molecular flexibility index (Phi) is 12.5. The summed E-state index contributed by atoms with van der Waals surface area (Å²) in [6, 6.07) is 0.